The van der Waals surface area contributed by atoms with Crippen molar-refractivity contribution in [2.24, 2.45) is 5.92 Å². The number of benzene rings is 1. The molecular formula is C20H27F3N2O7S3. The summed E-state index contributed by atoms with van der Waals surface area (Å²) in [6.07, 6.45) is -3.63. The van der Waals surface area contributed by atoms with Gasteiger partial charge in [0, 0.05) is 31.1 Å². The molecule has 1 aliphatic heterocycles. The molecule has 35 heavy (non-hydrogen) atoms. The number of carboxylic acids is 2. The van der Waals surface area contributed by atoms with Crippen molar-refractivity contribution in [3.05, 3.63) is 29.8 Å². The molecule has 1 aromatic rings. The molecular weight excluding hydrogens is 533 g/mol. The molecule has 0 radical (unpaired) electrons. The maximum atomic E-state index is 12.8. The molecule has 3 N–H and O–H groups in total. The molecule has 9 nitrogen and oxygen atoms in total. The molecule has 198 valence electrons. The van der Waals surface area contributed by atoms with Crippen LogP contribution in [-0.2, 0) is 24.4 Å². The number of sulfonamides is 1. The van der Waals surface area contributed by atoms with E-state index in [0.29, 0.717) is 37.4 Å². The monoisotopic (exact) mass is 560 g/mol. The minimum Gasteiger partial charge on any atom is -0.481 e. The Bertz CT molecular complexity index is 958. The fraction of sp³-hybridized carbons (Fsp3) is 0.550. The average Bonchev–Trinajstić information content (AvgIpc) is 2.78. The summed E-state index contributed by atoms with van der Waals surface area (Å²) >= 11 is 0. The second-order valence-corrected chi connectivity index (χ2v) is 12.0. The van der Waals surface area contributed by atoms with Crippen LogP contribution < -0.4 is 5.32 Å². The van der Waals surface area contributed by atoms with Crippen molar-refractivity contribution in [2.75, 3.05) is 31.1 Å². The lowest BCUT2D eigenvalue weighted by atomic mass is 9.99. The Morgan fingerprint density at radius 1 is 1.11 bits per heavy atom. The van der Waals surface area contributed by atoms with Crippen LogP contribution in [0.5, 0.6) is 0 Å². The van der Waals surface area contributed by atoms with Gasteiger partial charge >= 0.3 is 18.1 Å². The molecule has 1 unspecified atom stereocenters. The number of rotatable bonds is 10. The highest BCUT2D eigenvalue weighted by Gasteiger charge is 2.38. The number of aryl methyl sites for hydroxylation is 1. The number of piperidine rings is 1. The smallest absolute Gasteiger partial charge is 0.481 e. The van der Waals surface area contributed by atoms with E-state index < -0.39 is 28.1 Å². The summed E-state index contributed by atoms with van der Waals surface area (Å²) in [5.74, 6) is -2.84. The van der Waals surface area contributed by atoms with Crippen molar-refractivity contribution in [3.63, 3.8) is 0 Å². The number of nitrogens with one attached hydrogen (secondary N) is 1. The van der Waals surface area contributed by atoms with Crippen LogP contribution in [0, 0.1) is 12.8 Å². The number of nitrogens with zero attached hydrogens (tertiary/aromatic N) is 1. The predicted molar refractivity (Wildman–Crippen MR) is 127 cm³/mol. The first-order valence-corrected chi connectivity index (χ1v) is 14.3. The molecule has 1 heterocycles. The summed E-state index contributed by atoms with van der Waals surface area (Å²) in [6.45, 7) is 3.00. The molecule has 0 saturated carbocycles. The largest absolute Gasteiger partial charge is 0.490 e. The number of amides is 1. The number of carbonyl (C=O) groups is 3. The molecule has 15 heteroatoms. The Kier molecular flexibility index (Phi) is 12.9. The summed E-state index contributed by atoms with van der Waals surface area (Å²) in [7, 11) is -0.602. The second kappa shape index (κ2) is 14.6. The van der Waals surface area contributed by atoms with Gasteiger partial charge < -0.3 is 15.5 Å². The Morgan fingerprint density at radius 2 is 1.69 bits per heavy atom. The number of hydrogen-bond donors (Lipinski definition) is 3. The highest BCUT2D eigenvalue weighted by atomic mass is 33.1. The van der Waals surface area contributed by atoms with Crippen molar-refractivity contribution in [2.45, 2.75) is 37.3 Å². The van der Waals surface area contributed by atoms with Crippen LogP contribution in [-0.4, -0.2) is 78.1 Å². The van der Waals surface area contributed by atoms with Crippen molar-refractivity contribution in [1.29, 1.82) is 0 Å². The predicted octanol–water partition coefficient (Wildman–Crippen LogP) is 3.00. The number of hydrogen-bond acceptors (Lipinski definition) is 7. The highest BCUT2D eigenvalue weighted by Crippen LogP contribution is 2.25. The molecule has 1 amide bonds. The van der Waals surface area contributed by atoms with Crippen LogP contribution in [0.1, 0.15) is 24.8 Å². The first-order valence-electron chi connectivity index (χ1n) is 10.4. The lowest BCUT2D eigenvalue weighted by Crippen LogP contribution is -2.45. The third-order valence-electron chi connectivity index (χ3n) is 4.62. The zero-order valence-corrected chi connectivity index (χ0v) is 21.2. The van der Waals surface area contributed by atoms with Crippen LogP contribution in [0.25, 0.3) is 0 Å². The lowest BCUT2D eigenvalue weighted by Gasteiger charge is -2.31. The minimum atomic E-state index is -5.08. The van der Waals surface area contributed by atoms with E-state index in [2.05, 4.69) is 5.32 Å². The molecule has 1 fully saturated rings. The van der Waals surface area contributed by atoms with Crippen molar-refractivity contribution < 1.29 is 46.2 Å². The molecule has 0 aromatic heterocycles. The van der Waals surface area contributed by atoms with Gasteiger partial charge in [-0.15, -0.1) is 0 Å². The molecule has 0 aliphatic carbocycles. The van der Waals surface area contributed by atoms with Crippen molar-refractivity contribution in [1.82, 2.24) is 9.62 Å². The van der Waals surface area contributed by atoms with Gasteiger partial charge in [0.2, 0.25) is 15.9 Å². The summed E-state index contributed by atoms with van der Waals surface area (Å²) in [6, 6.07) is 6.75. The normalized spacial score (nSPS) is 16.6. The Labute approximate surface area is 209 Å². The Morgan fingerprint density at radius 3 is 2.23 bits per heavy atom. The molecule has 1 aliphatic rings. The van der Waals surface area contributed by atoms with Gasteiger partial charge in [-0.05, 0) is 31.9 Å². The minimum absolute atomic E-state index is 0.122. The van der Waals surface area contributed by atoms with Crippen LogP contribution in [0.4, 0.5) is 13.2 Å². The first-order chi connectivity index (χ1) is 16.2. The summed E-state index contributed by atoms with van der Waals surface area (Å²) in [5.41, 5.74) is 0.994. The number of aliphatic carboxylic acids is 2. The van der Waals surface area contributed by atoms with Gasteiger partial charge in [0.1, 0.15) is 0 Å². The van der Waals surface area contributed by atoms with E-state index in [4.69, 9.17) is 15.0 Å². The van der Waals surface area contributed by atoms with Gasteiger partial charge in [0.25, 0.3) is 0 Å². The molecule has 1 saturated heterocycles. The molecule has 0 bridgehead atoms. The van der Waals surface area contributed by atoms with Gasteiger partial charge in [0.05, 0.1) is 17.2 Å². The second-order valence-electron chi connectivity index (χ2n) is 7.40. The number of carboxylic acid groups (broad SMARTS) is 2. The van der Waals surface area contributed by atoms with Crippen molar-refractivity contribution >= 4 is 49.5 Å². The zero-order chi connectivity index (χ0) is 26.6. The summed E-state index contributed by atoms with van der Waals surface area (Å²) < 4.78 is 58.8. The van der Waals surface area contributed by atoms with Gasteiger partial charge in [-0.3, -0.25) is 9.59 Å². The lowest BCUT2D eigenvalue weighted by molar-refractivity contribution is -0.192. The van der Waals surface area contributed by atoms with Gasteiger partial charge in [-0.2, -0.15) is 17.5 Å². The quantitative estimate of drug-likeness (QED) is 0.291. The number of alkyl halides is 3. The molecule has 1 aromatic carbocycles. The number of halogens is 3. The van der Waals surface area contributed by atoms with Crippen molar-refractivity contribution in [3.8, 4) is 0 Å². The van der Waals surface area contributed by atoms with E-state index >= 15 is 0 Å². The Hall–Kier alpha value is -1.97. The van der Waals surface area contributed by atoms with Gasteiger partial charge in [0.15, 0.2) is 0 Å². The molecule has 1 atom stereocenters. The third-order valence-corrected chi connectivity index (χ3v) is 8.91. The maximum Gasteiger partial charge on any atom is 0.490 e. The molecule has 0 spiro atoms. The van der Waals surface area contributed by atoms with E-state index in [-0.39, 0.29) is 29.7 Å². The number of carbonyl (C=O) groups excluding carboxylic acids is 1. The first kappa shape index (κ1) is 31.1. The van der Waals surface area contributed by atoms with E-state index in [1.807, 2.05) is 6.92 Å². The van der Waals surface area contributed by atoms with E-state index in [9.17, 15) is 31.2 Å². The topological polar surface area (TPSA) is 141 Å². The summed E-state index contributed by atoms with van der Waals surface area (Å²) in [5, 5.41) is 18.6. The van der Waals surface area contributed by atoms with Gasteiger partial charge in [-0.25, -0.2) is 13.2 Å². The van der Waals surface area contributed by atoms with Crippen LogP contribution in [0.2, 0.25) is 0 Å². The van der Waals surface area contributed by atoms with E-state index in [1.54, 1.807) is 24.3 Å². The van der Waals surface area contributed by atoms with Crippen LogP contribution in [0.3, 0.4) is 0 Å². The average molecular weight is 561 g/mol. The van der Waals surface area contributed by atoms with Gasteiger partial charge in [-0.1, -0.05) is 39.3 Å². The van der Waals surface area contributed by atoms with Crippen LogP contribution in [0.15, 0.2) is 29.2 Å². The SMILES string of the molecule is Cc1ccc(S(=O)(=O)N2CCCC(C(=O)NCCSSCCC(=O)O)C2)cc1.O=C(O)C(F)(F)F. The highest BCUT2D eigenvalue weighted by molar-refractivity contribution is 8.76. The summed E-state index contributed by atoms with van der Waals surface area (Å²) in [4.78, 5) is 32.0. The molecule has 2 rings (SSSR count). The Balaban J connectivity index is 0.000000762. The standard InChI is InChI=1S/C18H26N2O5S3.C2HF3O2/c1-14-4-6-16(7-5-14)28(24,25)20-10-2-3-15(13-20)18(23)19-9-12-27-26-11-8-17(21)22;3-2(4,5)1(6)7/h4-7,15H,2-3,8-13H2,1H3,(H,19,23)(H,21,22);(H,6,7). The fourth-order valence-corrected chi connectivity index (χ4v) is 6.25. The van der Waals surface area contributed by atoms with Crippen LogP contribution >= 0.6 is 21.6 Å². The zero-order valence-electron chi connectivity index (χ0n) is 18.8. The maximum absolute atomic E-state index is 12.8. The van der Waals surface area contributed by atoms with E-state index in [0.717, 1.165) is 5.56 Å². The fourth-order valence-electron chi connectivity index (χ4n) is 2.84. The van der Waals surface area contributed by atoms with E-state index in [1.165, 1.54) is 25.9 Å². The third kappa shape index (κ3) is 11.5.